The lowest BCUT2D eigenvalue weighted by atomic mass is 10.1. The molecule has 0 rings (SSSR count). The SMILES string of the molecule is CCCC(CCC)N(O)C=O. The van der Waals surface area contributed by atoms with Crippen molar-refractivity contribution in [2.24, 2.45) is 0 Å². The van der Waals surface area contributed by atoms with Crippen LogP contribution in [0, 0.1) is 0 Å². The molecule has 0 bridgehead atoms. The molecule has 0 heterocycles. The van der Waals surface area contributed by atoms with E-state index in [2.05, 4.69) is 0 Å². The fraction of sp³-hybridized carbons (Fsp3) is 0.875. The minimum Gasteiger partial charge on any atom is -0.286 e. The van der Waals surface area contributed by atoms with Gasteiger partial charge in [-0.2, -0.15) is 0 Å². The third kappa shape index (κ3) is 3.98. The third-order valence-electron chi connectivity index (χ3n) is 1.73. The molecule has 0 spiro atoms. The number of hydrogen-bond donors (Lipinski definition) is 1. The number of nitrogens with zero attached hydrogens (tertiary/aromatic N) is 1. The molecule has 0 atom stereocenters. The topological polar surface area (TPSA) is 40.5 Å². The summed E-state index contributed by atoms with van der Waals surface area (Å²) in [5.74, 6) is 0. The van der Waals surface area contributed by atoms with Crippen molar-refractivity contribution in [2.45, 2.75) is 45.6 Å². The van der Waals surface area contributed by atoms with Crippen LogP contribution in [0.1, 0.15) is 39.5 Å². The highest BCUT2D eigenvalue weighted by molar-refractivity contribution is 5.45. The summed E-state index contributed by atoms with van der Waals surface area (Å²) in [5.41, 5.74) is 0. The molecule has 0 aromatic carbocycles. The first-order valence-corrected chi connectivity index (χ1v) is 4.18. The van der Waals surface area contributed by atoms with Gasteiger partial charge in [0.25, 0.3) is 0 Å². The average Bonchev–Trinajstić information content (AvgIpc) is 2.03. The summed E-state index contributed by atoms with van der Waals surface area (Å²) in [7, 11) is 0. The lowest BCUT2D eigenvalue weighted by molar-refractivity contribution is -0.161. The molecule has 0 fully saturated rings. The first kappa shape index (κ1) is 10.4. The monoisotopic (exact) mass is 159 g/mol. The predicted molar refractivity (Wildman–Crippen MR) is 43.3 cm³/mol. The van der Waals surface area contributed by atoms with Gasteiger partial charge >= 0.3 is 0 Å². The highest BCUT2D eigenvalue weighted by Crippen LogP contribution is 2.09. The summed E-state index contributed by atoms with van der Waals surface area (Å²) in [6.45, 7) is 4.09. The summed E-state index contributed by atoms with van der Waals surface area (Å²) < 4.78 is 0. The molecule has 1 amide bonds. The lowest BCUT2D eigenvalue weighted by Crippen LogP contribution is -2.30. The second kappa shape index (κ2) is 6.16. The summed E-state index contributed by atoms with van der Waals surface area (Å²) in [4.78, 5) is 10.2. The summed E-state index contributed by atoms with van der Waals surface area (Å²) in [6, 6.07) is 0.0162. The smallest absolute Gasteiger partial charge is 0.233 e. The Morgan fingerprint density at radius 2 is 1.82 bits per heavy atom. The molecule has 66 valence electrons. The van der Waals surface area contributed by atoms with E-state index in [4.69, 9.17) is 5.21 Å². The number of hydrogen-bond acceptors (Lipinski definition) is 2. The van der Waals surface area contributed by atoms with Crippen molar-refractivity contribution < 1.29 is 10.0 Å². The molecule has 0 saturated carbocycles. The normalized spacial score (nSPS) is 10.2. The van der Waals surface area contributed by atoms with Crippen LogP contribution in [0.3, 0.4) is 0 Å². The van der Waals surface area contributed by atoms with Gasteiger partial charge in [-0.3, -0.25) is 10.0 Å². The minimum atomic E-state index is 0.0162. The Kier molecular flexibility index (Phi) is 5.84. The van der Waals surface area contributed by atoms with Gasteiger partial charge in [-0.15, -0.1) is 0 Å². The van der Waals surface area contributed by atoms with Gasteiger partial charge < -0.3 is 0 Å². The molecule has 3 heteroatoms. The van der Waals surface area contributed by atoms with Gasteiger partial charge in [0.2, 0.25) is 6.41 Å². The van der Waals surface area contributed by atoms with Gasteiger partial charge in [-0.1, -0.05) is 26.7 Å². The first-order chi connectivity index (χ1) is 5.26. The maximum Gasteiger partial charge on any atom is 0.233 e. The first-order valence-electron chi connectivity index (χ1n) is 4.18. The lowest BCUT2D eigenvalue weighted by Gasteiger charge is -2.20. The molecule has 0 radical (unpaired) electrons. The number of amides is 1. The second-order valence-corrected chi connectivity index (χ2v) is 2.72. The highest BCUT2D eigenvalue weighted by atomic mass is 16.5. The fourth-order valence-corrected chi connectivity index (χ4v) is 1.16. The van der Waals surface area contributed by atoms with Crippen LogP contribution in [0.25, 0.3) is 0 Å². The fourth-order valence-electron chi connectivity index (χ4n) is 1.16. The minimum absolute atomic E-state index is 0.0162. The maximum atomic E-state index is 10.2. The summed E-state index contributed by atoms with van der Waals surface area (Å²) in [6.07, 6.45) is 4.23. The number of hydroxylamine groups is 2. The molecule has 0 aromatic heterocycles. The zero-order chi connectivity index (χ0) is 8.69. The molecular weight excluding hydrogens is 142 g/mol. The van der Waals surface area contributed by atoms with Gasteiger partial charge in [0, 0.05) is 0 Å². The van der Waals surface area contributed by atoms with Crippen molar-refractivity contribution in [3.05, 3.63) is 0 Å². The van der Waals surface area contributed by atoms with E-state index in [9.17, 15) is 4.79 Å². The van der Waals surface area contributed by atoms with Crippen molar-refractivity contribution in [3.8, 4) is 0 Å². The zero-order valence-corrected chi connectivity index (χ0v) is 7.29. The summed E-state index contributed by atoms with van der Waals surface area (Å²) in [5, 5.41) is 9.83. The molecular formula is C8H17NO2. The van der Waals surface area contributed by atoms with Crippen LogP contribution in [-0.4, -0.2) is 22.7 Å². The third-order valence-corrected chi connectivity index (χ3v) is 1.73. The standard InChI is InChI=1S/C8H17NO2/c1-3-5-8(6-4-2)9(11)7-10/h7-8,11H,3-6H2,1-2H3. The maximum absolute atomic E-state index is 10.2. The Bertz CT molecular complexity index is 100. The van der Waals surface area contributed by atoms with Gasteiger partial charge in [-0.05, 0) is 12.8 Å². The summed E-state index contributed by atoms with van der Waals surface area (Å²) >= 11 is 0. The Morgan fingerprint density at radius 3 is 2.09 bits per heavy atom. The number of rotatable bonds is 6. The molecule has 0 unspecified atom stereocenters. The van der Waals surface area contributed by atoms with E-state index in [1.807, 2.05) is 13.8 Å². The molecule has 11 heavy (non-hydrogen) atoms. The van der Waals surface area contributed by atoms with E-state index >= 15 is 0 Å². The molecule has 0 aliphatic rings. The van der Waals surface area contributed by atoms with Crippen LogP contribution >= 0.6 is 0 Å². The van der Waals surface area contributed by atoms with E-state index in [1.165, 1.54) is 0 Å². The van der Waals surface area contributed by atoms with Gasteiger partial charge in [0.05, 0.1) is 6.04 Å². The quantitative estimate of drug-likeness (QED) is 0.365. The Morgan fingerprint density at radius 1 is 1.36 bits per heavy atom. The van der Waals surface area contributed by atoms with Gasteiger partial charge in [0.1, 0.15) is 0 Å². The molecule has 0 aliphatic heterocycles. The molecule has 0 aromatic rings. The van der Waals surface area contributed by atoms with E-state index in [0.29, 0.717) is 6.41 Å². The van der Waals surface area contributed by atoms with Crippen molar-refractivity contribution in [1.29, 1.82) is 0 Å². The second-order valence-electron chi connectivity index (χ2n) is 2.72. The van der Waals surface area contributed by atoms with Crippen molar-refractivity contribution in [3.63, 3.8) is 0 Å². The molecule has 3 nitrogen and oxygen atoms in total. The van der Waals surface area contributed by atoms with Crippen LogP contribution in [0.15, 0.2) is 0 Å². The Hall–Kier alpha value is -0.570. The molecule has 1 N–H and O–H groups in total. The Labute approximate surface area is 68.0 Å². The largest absolute Gasteiger partial charge is 0.286 e. The highest BCUT2D eigenvalue weighted by Gasteiger charge is 2.11. The van der Waals surface area contributed by atoms with Crippen LogP contribution in [0.2, 0.25) is 0 Å². The van der Waals surface area contributed by atoms with E-state index in [1.54, 1.807) is 0 Å². The van der Waals surface area contributed by atoms with Crippen molar-refractivity contribution in [1.82, 2.24) is 5.06 Å². The Balaban J connectivity index is 3.75. The predicted octanol–water partition coefficient (Wildman–Crippen LogP) is 1.80. The van der Waals surface area contributed by atoms with Crippen LogP contribution in [0.5, 0.6) is 0 Å². The number of carbonyl (C=O) groups is 1. The van der Waals surface area contributed by atoms with E-state index in [-0.39, 0.29) is 6.04 Å². The van der Waals surface area contributed by atoms with Gasteiger partial charge in [0.15, 0.2) is 0 Å². The van der Waals surface area contributed by atoms with E-state index in [0.717, 1.165) is 30.7 Å². The van der Waals surface area contributed by atoms with Crippen molar-refractivity contribution >= 4 is 6.41 Å². The van der Waals surface area contributed by atoms with Gasteiger partial charge in [-0.25, -0.2) is 5.06 Å². The zero-order valence-electron chi connectivity index (χ0n) is 7.29. The van der Waals surface area contributed by atoms with Crippen LogP contribution in [0.4, 0.5) is 0 Å². The number of carbonyl (C=O) groups excluding carboxylic acids is 1. The average molecular weight is 159 g/mol. The molecule has 0 aliphatic carbocycles. The van der Waals surface area contributed by atoms with Crippen molar-refractivity contribution in [2.75, 3.05) is 0 Å². The van der Waals surface area contributed by atoms with E-state index < -0.39 is 0 Å². The van der Waals surface area contributed by atoms with Crippen LogP contribution in [-0.2, 0) is 4.79 Å². The van der Waals surface area contributed by atoms with Crippen LogP contribution < -0.4 is 0 Å². The molecule has 0 saturated heterocycles.